The van der Waals surface area contributed by atoms with Crippen LogP contribution in [0, 0.1) is 0 Å². The fourth-order valence-corrected chi connectivity index (χ4v) is 2.69. The first kappa shape index (κ1) is 19.7. The summed E-state index contributed by atoms with van der Waals surface area (Å²) in [5.41, 5.74) is 0.274. The fourth-order valence-electron chi connectivity index (χ4n) is 2.69. The molecule has 7 nitrogen and oxygen atoms in total. The normalized spacial score (nSPS) is 14.9. The predicted octanol–water partition coefficient (Wildman–Crippen LogP) is 2.65. The van der Waals surface area contributed by atoms with Gasteiger partial charge in [0.25, 0.3) is 5.91 Å². The number of nitrogens with zero attached hydrogens (tertiary/aromatic N) is 1. The third-order valence-corrected chi connectivity index (χ3v) is 4.00. The molecule has 1 aliphatic rings. The van der Waals surface area contributed by atoms with Gasteiger partial charge in [0.15, 0.2) is 11.5 Å². The molecule has 0 aliphatic carbocycles. The van der Waals surface area contributed by atoms with Crippen molar-refractivity contribution in [2.45, 2.75) is 32.4 Å². The Bertz CT molecular complexity index is 634. The highest BCUT2D eigenvalue weighted by atomic mass is 19.3. The molecular weight excluding hydrogens is 350 g/mol. The van der Waals surface area contributed by atoms with E-state index in [-0.39, 0.29) is 35.1 Å². The van der Waals surface area contributed by atoms with Gasteiger partial charge in [-0.2, -0.15) is 8.78 Å². The van der Waals surface area contributed by atoms with Crippen molar-refractivity contribution in [3.05, 3.63) is 23.8 Å². The van der Waals surface area contributed by atoms with Crippen molar-refractivity contribution in [3.63, 3.8) is 0 Å². The number of ether oxygens (including phenoxy) is 3. The Kier molecular flexibility index (Phi) is 6.99. The van der Waals surface area contributed by atoms with Crippen molar-refractivity contribution in [1.29, 1.82) is 0 Å². The molecule has 0 aromatic heterocycles. The van der Waals surface area contributed by atoms with Crippen molar-refractivity contribution in [2.75, 3.05) is 26.8 Å². The number of methoxy groups -OCH3 is 1. The number of hydrogen-bond acceptors (Lipinski definition) is 5. The molecule has 144 valence electrons. The Hall–Kier alpha value is -2.58. The van der Waals surface area contributed by atoms with Crippen LogP contribution in [0.15, 0.2) is 18.2 Å². The number of amides is 2. The second kappa shape index (κ2) is 9.21. The van der Waals surface area contributed by atoms with Crippen molar-refractivity contribution >= 4 is 12.0 Å². The lowest BCUT2D eigenvalue weighted by molar-refractivity contribution is -0.0512. The standard InChI is InChI=1S/C17H22F2N2O5/c1-3-25-17(23)21-8-6-12(7-9-21)20-15(22)11-4-5-13(26-16(18)19)14(10-11)24-2/h4-5,10,12,16H,3,6-9H2,1-2H3,(H,20,22). The summed E-state index contributed by atoms with van der Waals surface area (Å²) in [5.74, 6) is -0.432. The number of alkyl halides is 2. The topological polar surface area (TPSA) is 77.1 Å². The monoisotopic (exact) mass is 372 g/mol. The van der Waals surface area contributed by atoms with Crippen molar-refractivity contribution < 1.29 is 32.6 Å². The van der Waals surface area contributed by atoms with Crippen LogP contribution in [0.4, 0.5) is 13.6 Å². The third-order valence-electron chi connectivity index (χ3n) is 4.00. The summed E-state index contributed by atoms with van der Waals surface area (Å²) in [6.07, 6.45) is 0.861. The highest BCUT2D eigenvalue weighted by Gasteiger charge is 2.25. The summed E-state index contributed by atoms with van der Waals surface area (Å²) in [4.78, 5) is 25.6. The first-order chi connectivity index (χ1) is 12.4. The van der Waals surface area contributed by atoms with Gasteiger partial charge in [0.2, 0.25) is 0 Å². The number of nitrogens with one attached hydrogen (secondary N) is 1. The highest BCUT2D eigenvalue weighted by molar-refractivity contribution is 5.95. The Balaban J connectivity index is 1.93. The van der Waals surface area contributed by atoms with Gasteiger partial charge < -0.3 is 24.4 Å². The van der Waals surface area contributed by atoms with E-state index in [0.29, 0.717) is 32.5 Å². The van der Waals surface area contributed by atoms with Crippen LogP contribution in [0.3, 0.4) is 0 Å². The molecule has 2 rings (SSSR count). The predicted molar refractivity (Wildman–Crippen MR) is 88.7 cm³/mol. The molecule has 0 atom stereocenters. The average molecular weight is 372 g/mol. The zero-order chi connectivity index (χ0) is 19.1. The molecule has 9 heteroatoms. The number of carbonyl (C=O) groups excluding carboxylic acids is 2. The number of rotatable bonds is 6. The number of benzene rings is 1. The first-order valence-electron chi connectivity index (χ1n) is 8.30. The molecule has 0 bridgehead atoms. The average Bonchev–Trinajstić information content (AvgIpc) is 2.62. The van der Waals surface area contributed by atoms with Gasteiger partial charge in [0, 0.05) is 24.7 Å². The lowest BCUT2D eigenvalue weighted by Gasteiger charge is -2.31. The van der Waals surface area contributed by atoms with Gasteiger partial charge in [-0.15, -0.1) is 0 Å². The molecule has 2 amide bonds. The molecule has 0 spiro atoms. The summed E-state index contributed by atoms with van der Waals surface area (Å²) in [5, 5.41) is 2.88. The SMILES string of the molecule is CCOC(=O)N1CCC(NC(=O)c2ccc(OC(F)F)c(OC)c2)CC1. The van der Waals surface area contributed by atoms with Gasteiger partial charge in [-0.1, -0.05) is 0 Å². The third kappa shape index (κ3) is 5.21. The number of halogens is 2. The van der Waals surface area contributed by atoms with E-state index >= 15 is 0 Å². The maximum atomic E-state index is 12.4. The number of likely N-dealkylation sites (tertiary alicyclic amines) is 1. The molecule has 1 aliphatic heterocycles. The number of piperidine rings is 1. The summed E-state index contributed by atoms with van der Waals surface area (Å²) < 4.78 is 39.0. The minimum atomic E-state index is -2.98. The van der Waals surface area contributed by atoms with E-state index in [1.165, 1.54) is 25.3 Å². The van der Waals surface area contributed by atoms with Crippen LogP contribution in [-0.4, -0.2) is 56.4 Å². The Morgan fingerprint density at radius 2 is 1.96 bits per heavy atom. The van der Waals surface area contributed by atoms with Gasteiger partial charge >= 0.3 is 12.7 Å². The summed E-state index contributed by atoms with van der Waals surface area (Å²) in [6, 6.07) is 3.92. The van der Waals surface area contributed by atoms with E-state index in [1.807, 2.05) is 0 Å². The molecule has 1 aromatic rings. The van der Waals surface area contributed by atoms with E-state index in [1.54, 1.807) is 11.8 Å². The summed E-state index contributed by atoms with van der Waals surface area (Å²) in [7, 11) is 1.31. The van der Waals surface area contributed by atoms with E-state index in [4.69, 9.17) is 9.47 Å². The van der Waals surface area contributed by atoms with E-state index in [2.05, 4.69) is 10.1 Å². The number of carbonyl (C=O) groups is 2. The molecule has 0 unspecified atom stereocenters. The first-order valence-corrected chi connectivity index (χ1v) is 8.30. The van der Waals surface area contributed by atoms with Crippen LogP contribution < -0.4 is 14.8 Å². The second-order valence-corrected chi connectivity index (χ2v) is 5.68. The highest BCUT2D eigenvalue weighted by Crippen LogP contribution is 2.29. The molecule has 1 heterocycles. The van der Waals surface area contributed by atoms with Crippen LogP contribution in [-0.2, 0) is 4.74 Å². The quantitative estimate of drug-likeness (QED) is 0.831. The largest absolute Gasteiger partial charge is 0.493 e. The van der Waals surface area contributed by atoms with Crippen LogP contribution in [0.2, 0.25) is 0 Å². The van der Waals surface area contributed by atoms with Gasteiger partial charge in [-0.3, -0.25) is 4.79 Å². The van der Waals surface area contributed by atoms with Crippen LogP contribution in [0.25, 0.3) is 0 Å². The second-order valence-electron chi connectivity index (χ2n) is 5.68. The van der Waals surface area contributed by atoms with Crippen molar-refractivity contribution in [1.82, 2.24) is 10.2 Å². The summed E-state index contributed by atoms with van der Waals surface area (Å²) >= 11 is 0. The van der Waals surface area contributed by atoms with Crippen LogP contribution in [0.1, 0.15) is 30.1 Å². The Morgan fingerprint density at radius 3 is 2.54 bits per heavy atom. The molecule has 1 saturated heterocycles. The van der Waals surface area contributed by atoms with Crippen molar-refractivity contribution in [2.24, 2.45) is 0 Å². The zero-order valence-electron chi connectivity index (χ0n) is 14.7. The minimum absolute atomic E-state index is 0.0510. The minimum Gasteiger partial charge on any atom is -0.493 e. The van der Waals surface area contributed by atoms with Gasteiger partial charge in [0.05, 0.1) is 13.7 Å². The molecule has 1 fully saturated rings. The zero-order valence-corrected chi connectivity index (χ0v) is 14.7. The molecule has 0 saturated carbocycles. The van der Waals surface area contributed by atoms with Crippen LogP contribution in [0.5, 0.6) is 11.5 Å². The van der Waals surface area contributed by atoms with E-state index in [0.717, 1.165) is 0 Å². The fraction of sp³-hybridized carbons (Fsp3) is 0.529. The maximum absolute atomic E-state index is 12.4. The Labute approximate surface area is 150 Å². The lowest BCUT2D eigenvalue weighted by Crippen LogP contribution is -2.46. The molecule has 1 N–H and O–H groups in total. The van der Waals surface area contributed by atoms with Gasteiger partial charge in [0.1, 0.15) is 0 Å². The maximum Gasteiger partial charge on any atom is 0.409 e. The van der Waals surface area contributed by atoms with Gasteiger partial charge in [-0.25, -0.2) is 4.79 Å². The van der Waals surface area contributed by atoms with Gasteiger partial charge in [-0.05, 0) is 38.0 Å². The summed E-state index contributed by atoms with van der Waals surface area (Å²) in [6.45, 7) is 0.0789. The van der Waals surface area contributed by atoms with E-state index in [9.17, 15) is 18.4 Å². The molecular formula is C17H22F2N2O5. The molecule has 0 radical (unpaired) electrons. The molecule has 1 aromatic carbocycles. The Morgan fingerprint density at radius 1 is 1.27 bits per heavy atom. The van der Waals surface area contributed by atoms with Crippen molar-refractivity contribution in [3.8, 4) is 11.5 Å². The molecule has 26 heavy (non-hydrogen) atoms. The number of hydrogen-bond donors (Lipinski definition) is 1. The van der Waals surface area contributed by atoms with E-state index < -0.39 is 6.61 Å². The van der Waals surface area contributed by atoms with Crippen LogP contribution >= 0.6 is 0 Å². The smallest absolute Gasteiger partial charge is 0.409 e. The lowest BCUT2D eigenvalue weighted by atomic mass is 10.0.